The largest absolute Gasteiger partial charge is 0.459 e. The lowest BCUT2D eigenvalue weighted by Crippen LogP contribution is -2.39. The average molecular weight is 527 g/mol. The Labute approximate surface area is 185 Å². The van der Waals surface area contributed by atoms with E-state index < -0.39 is 67.3 Å². The molecular weight excluding hydrogens is 508 g/mol. The first-order valence-corrected chi connectivity index (χ1v) is 11.0. The van der Waals surface area contributed by atoms with Crippen molar-refractivity contribution in [3.05, 3.63) is 57.3 Å². The van der Waals surface area contributed by atoms with E-state index in [1.54, 1.807) is 33.8 Å². The van der Waals surface area contributed by atoms with E-state index in [4.69, 9.17) is 4.74 Å². The van der Waals surface area contributed by atoms with Gasteiger partial charge in [-0.1, -0.05) is 0 Å². The predicted octanol–water partition coefficient (Wildman–Crippen LogP) is 4.24. The van der Waals surface area contributed by atoms with Crippen LogP contribution in [0.25, 0.3) is 0 Å². The number of ether oxygens (including phenoxy) is 1. The monoisotopic (exact) mass is 526 g/mol. The van der Waals surface area contributed by atoms with Crippen molar-refractivity contribution >= 4 is 31.9 Å². The highest BCUT2D eigenvalue weighted by Gasteiger charge is 2.37. The zero-order valence-electron chi connectivity index (χ0n) is 17.0. The number of rotatable bonds is 6. The number of nitrogens with zero attached hydrogens (tertiary/aromatic N) is 2. The van der Waals surface area contributed by atoms with Crippen LogP contribution >= 0.6 is 15.9 Å². The summed E-state index contributed by atoms with van der Waals surface area (Å²) in [6, 6.07) is 1.57. The molecule has 2 aromatic rings. The van der Waals surface area contributed by atoms with Crippen molar-refractivity contribution in [1.29, 1.82) is 0 Å². The number of carbonyl (C=O) groups is 1. The van der Waals surface area contributed by atoms with E-state index in [0.29, 0.717) is 15.4 Å². The number of halogens is 5. The molecule has 0 aliphatic heterocycles. The van der Waals surface area contributed by atoms with Gasteiger partial charge >= 0.3 is 5.97 Å². The van der Waals surface area contributed by atoms with E-state index in [1.165, 1.54) is 12.4 Å². The third-order valence-electron chi connectivity index (χ3n) is 3.99. The van der Waals surface area contributed by atoms with Crippen LogP contribution in [0.2, 0.25) is 0 Å². The van der Waals surface area contributed by atoms with Gasteiger partial charge in [-0.15, -0.1) is 0 Å². The standard InChI is InChI=1S/C19H19BrF4N2O4S/c1-10-5-6-25-7-11(10)8-26(9-12(27)30-19(2,3)4)31(28,29)18-13(20)14(21)15(22)16(23)17(18)24/h5-7H,8-9H2,1-4H3. The molecule has 31 heavy (non-hydrogen) atoms. The zero-order valence-corrected chi connectivity index (χ0v) is 19.4. The maximum atomic E-state index is 14.4. The number of pyridine rings is 1. The molecular formula is C19H19BrF4N2O4S. The molecule has 0 saturated heterocycles. The van der Waals surface area contributed by atoms with E-state index in [1.807, 2.05) is 0 Å². The Balaban J connectivity index is 2.62. The molecule has 170 valence electrons. The quantitative estimate of drug-likeness (QED) is 0.243. The van der Waals surface area contributed by atoms with Crippen molar-refractivity contribution in [2.75, 3.05) is 6.54 Å². The van der Waals surface area contributed by atoms with Crippen LogP contribution in [0.5, 0.6) is 0 Å². The van der Waals surface area contributed by atoms with E-state index in [-0.39, 0.29) is 0 Å². The first-order chi connectivity index (χ1) is 14.2. The molecule has 0 aliphatic carbocycles. The van der Waals surface area contributed by atoms with Gasteiger partial charge in [0.15, 0.2) is 23.3 Å². The van der Waals surface area contributed by atoms with Crippen LogP contribution in [-0.2, 0) is 26.1 Å². The molecule has 1 heterocycles. The maximum absolute atomic E-state index is 14.4. The molecule has 6 nitrogen and oxygen atoms in total. The number of benzene rings is 1. The van der Waals surface area contributed by atoms with Crippen LogP contribution in [0, 0.1) is 30.2 Å². The van der Waals surface area contributed by atoms with Gasteiger partial charge in [0.05, 0.1) is 4.47 Å². The number of aromatic nitrogens is 1. The van der Waals surface area contributed by atoms with E-state index in [0.717, 1.165) is 0 Å². The molecule has 0 N–H and O–H groups in total. The van der Waals surface area contributed by atoms with Crippen LogP contribution in [0.1, 0.15) is 31.9 Å². The Morgan fingerprint density at radius 1 is 1.13 bits per heavy atom. The molecule has 0 bridgehead atoms. The smallest absolute Gasteiger partial charge is 0.321 e. The van der Waals surface area contributed by atoms with Gasteiger partial charge in [-0.25, -0.2) is 26.0 Å². The molecule has 0 aliphatic rings. The first-order valence-electron chi connectivity index (χ1n) is 8.79. The Hall–Kier alpha value is -2.05. The van der Waals surface area contributed by atoms with Crippen LogP contribution in [0.4, 0.5) is 17.6 Å². The Bertz CT molecular complexity index is 1090. The summed E-state index contributed by atoms with van der Waals surface area (Å²) in [5, 5.41) is 0. The summed E-state index contributed by atoms with van der Waals surface area (Å²) in [5.41, 5.74) is -0.0268. The van der Waals surface area contributed by atoms with Gasteiger partial charge in [0.2, 0.25) is 10.0 Å². The van der Waals surface area contributed by atoms with Crippen molar-refractivity contribution < 1.29 is 35.5 Å². The Morgan fingerprint density at radius 2 is 1.71 bits per heavy atom. The lowest BCUT2D eigenvalue weighted by molar-refractivity contribution is -0.155. The Kier molecular flexibility index (Phi) is 7.49. The summed E-state index contributed by atoms with van der Waals surface area (Å²) < 4.78 is 86.6. The van der Waals surface area contributed by atoms with Gasteiger partial charge in [0, 0.05) is 18.9 Å². The molecule has 0 saturated carbocycles. The van der Waals surface area contributed by atoms with Gasteiger partial charge in [0.25, 0.3) is 0 Å². The number of esters is 1. The molecule has 1 aromatic heterocycles. The van der Waals surface area contributed by atoms with Gasteiger partial charge in [-0.05, 0) is 60.8 Å². The predicted molar refractivity (Wildman–Crippen MR) is 106 cm³/mol. The highest BCUT2D eigenvalue weighted by molar-refractivity contribution is 9.10. The van der Waals surface area contributed by atoms with Crippen LogP contribution in [0.3, 0.4) is 0 Å². The second-order valence-corrected chi connectivity index (χ2v) is 10.2. The summed E-state index contributed by atoms with van der Waals surface area (Å²) in [5.74, 6) is -9.51. The topological polar surface area (TPSA) is 76.6 Å². The van der Waals surface area contributed by atoms with Gasteiger partial charge < -0.3 is 4.74 Å². The molecule has 0 amide bonds. The number of hydrogen-bond acceptors (Lipinski definition) is 5. The number of hydrogen-bond donors (Lipinski definition) is 0. The summed E-state index contributed by atoms with van der Waals surface area (Å²) in [6.07, 6.45) is 2.77. The summed E-state index contributed by atoms with van der Waals surface area (Å²) >= 11 is 2.48. The second-order valence-electron chi connectivity index (χ2n) is 7.56. The highest BCUT2D eigenvalue weighted by Crippen LogP contribution is 2.34. The van der Waals surface area contributed by atoms with Gasteiger partial charge in [-0.2, -0.15) is 4.31 Å². The Morgan fingerprint density at radius 3 is 2.26 bits per heavy atom. The fourth-order valence-corrected chi connectivity index (χ4v) is 4.97. The summed E-state index contributed by atoms with van der Waals surface area (Å²) in [4.78, 5) is 14.7. The number of aryl methyl sites for hydroxylation is 1. The molecule has 0 atom stereocenters. The molecule has 1 aromatic carbocycles. The van der Waals surface area contributed by atoms with Gasteiger partial charge in [0.1, 0.15) is 17.0 Å². The first kappa shape index (κ1) is 25.2. The minimum Gasteiger partial charge on any atom is -0.459 e. The third kappa shape index (κ3) is 5.60. The highest BCUT2D eigenvalue weighted by atomic mass is 79.9. The lowest BCUT2D eigenvalue weighted by Gasteiger charge is -2.26. The third-order valence-corrected chi connectivity index (χ3v) is 6.83. The van der Waals surface area contributed by atoms with Crippen LogP contribution in [-0.4, -0.2) is 35.8 Å². The van der Waals surface area contributed by atoms with Gasteiger partial charge in [-0.3, -0.25) is 9.78 Å². The molecule has 0 radical (unpaired) electrons. The minimum atomic E-state index is -5.05. The normalized spacial score (nSPS) is 12.3. The molecule has 0 fully saturated rings. The van der Waals surface area contributed by atoms with E-state index >= 15 is 0 Å². The molecule has 2 rings (SSSR count). The molecule has 0 unspecified atom stereocenters. The van der Waals surface area contributed by atoms with E-state index in [9.17, 15) is 30.8 Å². The molecule has 12 heteroatoms. The number of carbonyl (C=O) groups excluding carboxylic acids is 1. The van der Waals surface area contributed by atoms with E-state index in [2.05, 4.69) is 20.9 Å². The molecule has 0 spiro atoms. The SMILES string of the molecule is Cc1ccncc1CN(CC(=O)OC(C)(C)C)S(=O)(=O)c1c(F)c(F)c(F)c(F)c1Br. The zero-order chi connectivity index (χ0) is 23.7. The minimum absolute atomic E-state index is 0.342. The van der Waals surface area contributed by atoms with Crippen molar-refractivity contribution in [3.63, 3.8) is 0 Å². The van der Waals surface area contributed by atoms with Crippen molar-refractivity contribution in [2.45, 2.75) is 44.7 Å². The maximum Gasteiger partial charge on any atom is 0.321 e. The second kappa shape index (κ2) is 9.21. The summed E-state index contributed by atoms with van der Waals surface area (Å²) in [6.45, 7) is 4.90. The van der Waals surface area contributed by atoms with Crippen molar-refractivity contribution in [2.24, 2.45) is 0 Å². The van der Waals surface area contributed by atoms with Crippen LogP contribution < -0.4 is 0 Å². The summed E-state index contributed by atoms with van der Waals surface area (Å²) in [7, 11) is -5.05. The number of sulfonamides is 1. The average Bonchev–Trinajstić information content (AvgIpc) is 2.64. The fourth-order valence-electron chi connectivity index (χ4n) is 2.54. The lowest BCUT2D eigenvalue weighted by atomic mass is 10.1. The van der Waals surface area contributed by atoms with Crippen molar-refractivity contribution in [1.82, 2.24) is 9.29 Å². The van der Waals surface area contributed by atoms with Crippen molar-refractivity contribution in [3.8, 4) is 0 Å². The fraction of sp³-hybridized carbons (Fsp3) is 0.368. The van der Waals surface area contributed by atoms with Crippen LogP contribution in [0.15, 0.2) is 27.8 Å².